The maximum absolute atomic E-state index is 8.93. The number of pyridine rings is 1. The summed E-state index contributed by atoms with van der Waals surface area (Å²) >= 11 is 0. The van der Waals surface area contributed by atoms with E-state index in [1.807, 2.05) is 30.9 Å². The average Bonchev–Trinajstić information content (AvgIpc) is 2.88. The number of nitrogens with zero attached hydrogens (tertiary/aromatic N) is 3. The van der Waals surface area contributed by atoms with Gasteiger partial charge in [-0.15, -0.1) is 0 Å². The van der Waals surface area contributed by atoms with E-state index in [0.717, 1.165) is 24.1 Å². The van der Waals surface area contributed by atoms with Crippen LogP contribution in [0.3, 0.4) is 0 Å². The molecule has 0 saturated heterocycles. The Labute approximate surface area is 107 Å². The van der Waals surface area contributed by atoms with Gasteiger partial charge in [-0.1, -0.05) is 0 Å². The Morgan fingerprint density at radius 3 is 2.89 bits per heavy atom. The van der Waals surface area contributed by atoms with Crippen LogP contribution >= 0.6 is 0 Å². The SMILES string of the molecule is CC(C)(CCCO)n1cnc(-c2cccnc2)c1. The molecule has 0 aliphatic carbocycles. The molecule has 0 spiro atoms. The molecular weight excluding hydrogens is 226 g/mol. The van der Waals surface area contributed by atoms with Crippen LogP contribution in [0.1, 0.15) is 26.7 Å². The van der Waals surface area contributed by atoms with Gasteiger partial charge >= 0.3 is 0 Å². The molecule has 96 valence electrons. The summed E-state index contributed by atoms with van der Waals surface area (Å²) in [6, 6.07) is 3.91. The topological polar surface area (TPSA) is 50.9 Å². The number of hydrogen-bond acceptors (Lipinski definition) is 3. The van der Waals surface area contributed by atoms with Gasteiger partial charge in [0.25, 0.3) is 0 Å². The first-order chi connectivity index (χ1) is 8.63. The first-order valence-electron chi connectivity index (χ1n) is 6.19. The largest absolute Gasteiger partial charge is 0.396 e. The highest BCUT2D eigenvalue weighted by Crippen LogP contribution is 2.24. The molecule has 0 saturated carbocycles. The van der Waals surface area contributed by atoms with Gasteiger partial charge < -0.3 is 9.67 Å². The van der Waals surface area contributed by atoms with Crippen LogP contribution in [-0.2, 0) is 5.54 Å². The van der Waals surface area contributed by atoms with Gasteiger partial charge in [0.1, 0.15) is 0 Å². The van der Waals surface area contributed by atoms with E-state index in [1.54, 1.807) is 6.20 Å². The molecule has 0 radical (unpaired) electrons. The molecule has 0 aromatic carbocycles. The molecule has 0 unspecified atom stereocenters. The van der Waals surface area contributed by atoms with E-state index in [2.05, 4.69) is 28.4 Å². The van der Waals surface area contributed by atoms with Crippen LogP contribution < -0.4 is 0 Å². The molecule has 0 bridgehead atoms. The molecule has 18 heavy (non-hydrogen) atoms. The summed E-state index contributed by atoms with van der Waals surface area (Å²) in [6.45, 7) is 4.53. The molecule has 4 nitrogen and oxygen atoms in total. The van der Waals surface area contributed by atoms with Gasteiger partial charge in [0, 0.05) is 36.3 Å². The van der Waals surface area contributed by atoms with Crippen molar-refractivity contribution in [2.75, 3.05) is 6.61 Å². The molecule has 0 aliphatic heterocycles. The Balaban J connectivity index is 2.20. The average molecular weight is 245 g/mol. The predicted octanol–water partition coefficient (Wildman–Crippen LogP) is 2.45. The van der Waals surface area contributed by atoms with E-state index in [9.17, 15) is 0 Å². The van der Waals surface area contributed by atoms with Gasteiger partial charge in [0.15, 0.2) is 0 Å². The molecule has 2 aromatic rings. The van der Waals surface area contributed by atoms with Crippen molar-refractivity contribution < 1.29 is 5.11 Å². The molecule has 4 heteroatoms. The molecule has 2 rings (SSSR count). The Morgan fingerprint density at radius 2 is 2.22 bits per heavy atom. The molecule has 0 aliphatic rings. The first-order valence-corrected chi connectivity index (χ1v) is 6.19. The Morgan fingerprint density at radius 1 is 1.39 bits per heavy atom. The van der Waals surface area contributed by atoms with E-state index in [-0.39, 0.29) is 12.1 Å². The molecular formula is C14H19N3O. The van der Waals surface area contributed by atoms with Gasteiger partial charge in [-0.05, 0) is 38.8 Å². The highest BCUT2D eigenvalue weighted by Gasteiger charge is 2.19. The number of aliphatic hydroxyl groups is 1. The number of imidazole rings is 1. The van der Waals surface area contributed by atoms with Crippen molar-refractivity contribution in [3.05, 3.63) is 37.1 Å². The highest BCUT2D eigenvalue weighted by atomic mass is 16.2. The molecule has 0 amide bonds. The summed E-state index contributed by atoms with van der Waals surface area (Å²) in [7, 11) is 0. The van der Waals surface area contributed by atoms with Gasteiger partial charge in [-0.2, -0.15) is 0 Å². The first kappa shape index (κ1) is 12.8. The van der Waals surface area contributed by atoms with Crippen LogP contribution in [-0.4, -0.2) is 26.2 Å². The highest BCUT2D eigenvalue weighted by molar-refractivity contribution is 5.56. The third-order valence-corrected chi connectivity index (χ3v) is 3.19. The number of rotatable bonds is 5. The lowest BCUT2D eigenvalue weighted by Gasteiger charge is -2.26. The summed E-state index contributed by atoms with van der Waals surface area (Å²) in [4.78, 5) is 8.52. The van der Waals surface area contributed by atoms with Crippen molar-refractivity contribution in [3.8, 4) is 11.3 Å². The minimum Gasteiger partial charge on any atom is -0.396 e. The van der Waals surface area contributed by atoms with Crippen LogP contribution in [0.4, 0.5) is 0 Å². The van der Waals surface area contributed by atoms with Gasteiger partial charge in [-0.25, -0.2) is 4.98 Å². The number of hydrogen-bond donors (Lipinski definition) is 1. The van der Waals surface area contributed by atoms with Gasteiger partial charge in [0.2, 0.25) is 0 Å². The lowest BCUT2D eigenvalue weighted by molar-refractivity contribution is 0.241. The molecule has 1 N–H and O–H groups in total. The standard InChI is InChI=1S/C14H19N3O/c1-14(2,6-4-8-18)17-10-13(16-11-17)12-5-3-7-15-9-12/h3,5,7,9-11,18H,4,6,8H2,1-2H3. The van der Waals surface area contributed by atoms with Crippen molar-refractivity contribution in [1.29, 1.82) is 0 Å². The zero-order valence-corrected chi connectivity index (χ0v) is 10.9. The smallest absolute Gasteiger partial charge is 0.0958 e. The van der Waals surface area contributed by atoms with Crippen LogP contribution in [0.15, 0.2) is 37.1 Å². The maximum atomic E-state index is 8.93. The van der Waals surface area contributed by atoms with E-state index < -0.39 is 0 Å². The summed E-state index contributed by atoms with van der Waals surface area (Å²) < 4.78 is 2.10. The zero-order chi connectivity index (χ0) is 13.0. The monoisotopic (exact) mass is 245 g/mol. The number of aromatic nitrogens is 3. The van der Waals surface area contributed by atoms with Gasteiger partial charge in [-0.3, -0.25) is 4.98 Å². The summed E-state index contributed by atoms with van der Waals surface area (Å²) in [6.07, 6.45) is 9.17. The van der Waals surface area contributed by atoms with Crippen LogP contribution in [0.25, 0.3) is 11.3 Å². The molecule has 2 aromatic heterocycles. The van der Waals surface area contributed by atoms with Crippen molar-refractivity contribution in [2.45, 2.75) is 32.2 Å². The Bertz CT molecular complexity index is 491. The fourth-order valence-corrected chi connectivity index (χ4v) is 1.96. The fraction of sp³-hybridized carbons (Fsp3) is 0.429. The van der Waals surface area contributed by atoms with E-state index in [4.69, 9.17) is 5.11 Å². The van der Waals surface area contributed by atoms with Crippen LogP contribution in [0.2, 0.25) is 0 Å². The third-order valence-electron chi connectivity index (χ3n) is 3.19. The van der Waals surface area contributed by atoms with E-state index >= 15 is 0 Å². The molecule has 0 atom stereocenters. The second-order valence-electron chi connectivity index (χ2n) is 5.05. The normalized spacial score (nSPS) is 11.7. The zero-order valence-electron chi connectivity index (χ0n) is 10.9. The Hall–Kier alpha value is -1.68. The van der Waals surface area contributed by atoms with Crippen molar-refractivity contribution in [2.24, 2.45) is 0 Å². The third kappa shape index (κ3) is 2.76. The lowest BCUT2D eigenvalue weighted by atomic mass is 9.98. The number of aliphatic hydroxyl groups excluding tert-OH is 1. The second kappa shape index (κ2) is 5.31. The Kier molecular flexibility index (Phi) is 3.77. The summed E-state index contributed by atoms with van der Waals surface area (Å²) in [5, 5.41) is 8.93. The van der Waals surface area contributed by atoms with Crippen molar-refractivity contribution in [3.63, 3.8) is 0 Å². The maximum Gasteiger partial charge on any atom is 0.0958 e. The fourth-order valence-electron chi connectivity index (χ4n) is 1.96. The minimum atomic E-state index is -0.0316. The molecule has 2 heterocycles. The van der Waals surface area contributed by atoms with Gasteiger partial charge in [0.05, 0.1) is 12.0 Å². The van der Waals surface area contributed by atoms with Crippen molar-refractivity contribution >= 4 is 0 Å². The van der Waals surface area contributed by atoms with E-state index in [1.165, 1.54) is 0 Å². The van der Waals surface area contributed by atoms with Crippen molar-refractivity contribution in [1.82, 2.24) is 14.5 Å². The van der Waals surface area contributed by atoms with E-state index in [0.29, 0.717) is 0 Å². The van der Waals surface area contributed by atoms with Crippen LogP contribution in [0, 0.1) is 0 Å². The summed E-state index contributed by atoms with van der Waals surface area (Å²) in [5.41, 5.74) is 1.92. The predicted molar refractivity (Wildman–Crippen MR) is 71.1 cm³/mol. The lowest BCUT2D eigenvalue weighted by Crippen LogP contribution is -2.25. The second-order valence-corrected chi connectivity index (χ2v) is 5.05. The minimum absolute atomic E-state index is 0.0316. The summed E-state index contributed by atoms with van der Waals surface area (Å²) in [5.74, 6) is 0. The quantitative estimate of drug-likeness (QED) is 0.880. The van der Waals surface area contributed by atoms with Crippen LogP contribution in [0.5, 0.6) is 0 Å². The molecule has 0 fully saturated rings.